The molecular formula is C13H16Cl2N6. The molecule has 2 aliphatic rings. The number of rotatable bonds is 1. The quantitative estimate of drug-likeness (QED) is 0.618. The second kappa shape index (κ2) is 6.01. The SMILES string of the molecule is NC1=C(c2cccc(Cl)c2Cl)NNC(N2CCNCC2)=N1. The van der Waals surface area contributed by atoms with Crippen LogP contribution < -0.4 is 21.9 Å². The van der Waals surface area contributed by atoms with Crippen molar-refractivity contribution in [3.63, 3.8) is 0 Å². The van der Waals surface area contributed by atoms with Gasteiger partial charge in [0.2, 0.25) is 5.96 Å². The molecule has 1 fully saturated rings. The van der Waals surface area contributed by atoms with Crippen molar-refractivity contribution in [3.8, 4) is 0 Å². The maximum Gasteiger partial charge on any atom is 0.219 e. The van der Waals surface area contributed by atoms with Crippen LogP contribution in [-0.4, -0.2) is 37.0 Å². The number of piperazine rings is 1. The molecule has 112 valence electrons. The standard InChI is InChI=1S/C13H16Cl2N6/c14-9-3-1-2-8(10(9)15)11-12(16)18-13(20-19-11)21-6-4-17-5-7-21/h1-3,17,19H,4-7,16H2,(H,18,20). The van der Waals surface area contributed by atoms with Gasteiger partial charge in [-0.1, -0.05) is 35.3 Å². The van der Waals surface area contributed by atoms with Crippen LogP contribution in [-0.2, 0) is 0 Å². The summed E-state index contributed by atoms with van der Waals surface area (Å²) in [6, 6.07) is 5.40. The monoisotopic (exact) mass is 326 g/mol. The Morgan fingerprint density at radius 3 is 2.62 bits per heavy atom. The van der Waals surface area contributed by atoms with Crippen molar-refractivity contribution in [3.05, 3.63) is 39.6 Å². The predicted octanol–water partition coefficient (Wildman–Crippen LogP) is 0.947. The van der Waals surface area contributed by atoms with E-state index in [9.17, 15) is 0 Å². The van der Waals surface area contributed by atoms with E-state index in [4.69, 9.17) is 28.9 Å². The van der Waals surface area contributed by atoms with Crippen LogP contribution in [0.4, 0.5) is 0 Å². The number of hydrazine groups is 1. The third-order valence-electron chi connectivity index (χ3n) is 3.42. The third kappa shape index (κ3) is 2.88. The van der Waals surface area contributed by atoms with E-state index in [2.05, 4.69) is 26.1 Å². The molecule has 0 atom stereocenters. The summed E-state index contributed by atoms with van der Waals surface area (Å²) in [7, 11) is 0. The number of benzene rings is 1. The minimum absolute atomic E-state index is 0.381. The Morgan fingerprint density at radius 1 is 1.14 bits per heavy atom. The highest BCUT2D eigenvalue weighted by Gasteiger charge is 2.21. The number of nitrogens with two attached hydrogens (primary N) is 1. The molecule has 21 heavy (non-hydrogen) atoms. The minimum atomic E-state index is 0.381. The molecule has 0 saturated carbocycles. The lowest BCUT2D eigenvalue weighted by molar-refractivity contribution is 0.343. The molecule has 0 spiro atoms. The number of nitrogens with one attached hydrogen (secondary N) is 3. The molecule has 0 bridgehead atoms. The van der Waals surface area contributed by atoms with E-state index in [0.717, 1.165) is 37.7 Å². The summed E-state index contributed by atoms with van der Waals surface area (Å²) in [6.07, 6.45) is 0. The van der Waals surface area contributed by atoms with Crippen LogP contribution >= 0.6 is 23.2 Å². The molecule has 2 aliphatic heterocycles. The lowest BCUT2D eigenvalue weighted by Gasteiger charge is -2.33. The maximum absolute atomic E-state index is 6.22. The lowest BCUT2D eigenvalue weighted by atomic mass is 10.1. The van der Waals surface area contributed by atoms with Crippen molar-refractivity contribution in [1.82, 2.24) is 21.1 Å². The van der Waals surface area contributed by atoms with Crippen molar-refractivity contribution in [2.24, 2.45) is 10.7 Å². The lowest BCUT2D eigenvalue weighted by Crippen LogP contribution is -2.55. The summed E-state index contributed by atoms with van der Waals surface area (Å²) in [5.41, 5.74) is 13.6. The molecule has 1 aromatic rings. The summed E-state index contributed by atoms with van der Waals surface area (Å²) in [6.45, 7) is 3.62. The highest BCUT2D eigenvalue weighted by atomic mass is 35.5. The molecule has 3 rings (SSSR count). The third-order valence-corrected chi connectivity index (χ3v) is 4.24. The van der Waals surface area contributed by atoms with Gasteiger partial charge in [0, 0.05) is 31.7 Å². The summed E-state index contributed by atoms with van der Waals surface area (Å²) in [4.78, 5) is 6.56. The number of hydrogen-bond acceptors (Lipinski definition) is 6. The molecule has 1 saturated heterocycles. The first-order chi connectivity index (χ1) is 10.2. The van der Waals surface area contributed by atoms with Crippen LogP contribution in [0.15, 0.2) is 29.0 Å². The van der Waals surface area contributed by atoms with Gasteiger partial charge in [-0.05, 0) is 6.07 Å². The second-order valence-corrected chi connectivity index (χ2v) is 5.57. The fourth-order valence-corrected chi connectivity index (χ4v) is 2.70. The first-order valence-electron chi connectivity index (χ1n) is 6.67. The van der Waals surface area contributed by atoms with Gasteiger partial charge in [-0.3, -0.25) is 10.9 Å². The van der Waals surface area contributed by atoms with Crippen molar-refractivity contribution in [2.75, 3.05) is 26.2 Å². The topological polar surface area (TPSA) is 77.7 Å². The first-order valence-corrected chi connectivity index (χ1v) is 7.43. The Labute approximate surface area is 133 Å². The average Bonchev–Trinajstić information content (AvgIpc) is 2.51. The maximum atomic E-state index is 6.22. The molecule has 0 unspecified atom stereocenters. The van der Waals surface area contributed by atoms with Gasteiger partial charge >= 0.3 is 0 Å². The Balaban J connectivity index is 1.90. The zero-order valence-electron chi connectivity index (χ0n) is 11.3. The molecule has 2 heterocycles. The van der Waals surface area contributed by atoms with Gasteiger partial charge in [-0.25, -0.2) is 0 Å². The van der Waals surface area contributed by atoms with Crippen LogP contribution in [0.1, 0.15) is 5.56 Å². The van der Waals surface area contributed by atoms with Gasteiger partial charge in [0.25, 0.3) is 0 Å². The number of halogens is 2. The fourth-order valence-electron chi connectivity index (χ4n) is 2.31. The smallest absolute Gasteiger partial charge is 0.219 e. The van der Waals surface area contributed by atoms with Crippen molar-refractivity contribution < 1.29 is 0 Å². The van der Waals surface area contributed by atoms with Crippen molar-refractivity contribution in [2.45, 2.75) is 0 Å². The zero-order valence-corrected chi connectivity index (χ0v) is 12.8. The molecule has 1 aromatic carbocycles. The van der Waals surface area contributed by atoms with Crippen LogP contribution in [0.25, 0.3) is 5.70 Å². The van der Waals surface area contributed by atoms with Gasteiger partial charge in [0.05, 0.1) is 10.0 Å². The molecule has 0 aliphatic carbocycles. The molecule has 6 nitrogen and oxygen atoms in total. The fraction of sp³-hybridized carbons (Fsp3) is 0.308. The van der Waals surface area contributed by atoms with Crippen LogP contribution in [0, 0.1) is 0 Å². The minimum Gasteiger partial charge on any atom is -0.382 e. The van der Waals surface area contributed by atoms with E-state index in [-0.39, 0.29) is 0 Å². The molecule has 5 N–H and O–H groups in total. The van der Waals surface area contributed by atoms with Crippen molar-refractivity contribution in [1.29, 1.82) is 0 Å². The summed E-state index contributed by atoms with van der Waals surface area (Å²) >= 11 is 12.3. The van der Waals surface area contributed by atoms with Gasteiger partial charge in [0.15, 0.2) is 5.82 Å². The average molecular weight is 327 g/mol. The highest BCUT2D eigenvalue weighted by molar-refractivity contribution is 6.43. The van der Waals surface area contributed by atoms with Crippen LogP contribution in [0.2, 0.25) is 10.0 Å². The van der Waals surface area contributed by atoms with E-state index in [0.29, 0.717) is 21.6 Å². The summed E-state index contributed by atoms with van der Waals surface area (Å²) in [5, 5.41) is 4.22. The van der Waals surface area contributed by atoms with E-state index in [1.54, 1.807) is 6.07 Å². The van der Waals surface area contributed by atoms with Gasteiger partial charge in [-0.15, -0.1) is 0 Å². The van der Waals surface area contributed by atoms with E-state index in [1.165, 1.54) is 0 Å². The zero-order chi connectivity index (χ0) is 14.8. The highest BCUT2D eigenvalue weighted by Crippen LogP contribution is 2.30. The van der Waals surface area contributed by atoms with Gasteiger partial charge in [0.1, 0.15) is 5.70 Å². The largest absolute Gasteiger partial charge is 0.382 e. The van der Waals surface area contributed by atoms with Crippen LogP contribution in [0.5, 0.6) is 0 Å². The summed E-state index contributed by atoms with van der Waals surface area (Å²) in [5.74, 6) is 1.10. The predicted molar refractivity (Wildman–Crippen MR) is 85.7 cm³/mol. The molecular weight excluding hydrogens is 311 g/mol. The Kier molecular flexibility index (Phi) is 4.10. The van der Waals surface area contributed by atoms with Crippen LogP contribution in [0.3, 0.4) is 0 Å². The van der Waals surface area contributed by atoms with Crippen molar-refractivity contribution >= 4 is 34.9 Å². The van der Waals surface area contributed by atoms with E-state index >= 15 is 0 Å². The number of aliphatic imine (C=N–C) groups is 1. The molecule has 0 aromatic heterocycles. The van der Waals surface area contributed by atoms with Gasteiger partial charge in [-0.2, -0.15) is 4.99 Å². The first kappa shape index (κ1) is 14.3. The van der Waals surface area contributed by atoms with E-state index in [1.807, 2.05) is 12.1 Å². The summed E-state index contributed by atoms with van der Waals surface area (Å²) < 4.78 is 0. The number of nitrogens with zero attached hydrogens (tertiary/aromatic N) is 2. The Morgan fingerprint density at radius 2 is 1.90 bits per heavy atom. The van der Waals surface area contributed by atoms with E-state index < -0.39 is 0 Å². The molecule has 0 radical (unpaired) electrons. The Hall–Kier alpha value is -1.63. The number of guanidine groups is 1. The van der Waals surface area contributed by atoms with Gasteiger partial charge < -0.3 is 16.0 Å². The Bertz CT molecular complexity index is 607. The molecule has 0 amide bonds. The second-order valence-electron chi connectivity index (χ2n) is 4.78. The number of hydrogen-bond donors (Lipinski definition) is 4. The normalized spacial score (nSPS) is 19.0. The molecule has 8 heteroatoms.